The average Bonchev–Trinajstić information content (AvgIpc) is 2.37. The fourth-order valence-electron chi connectivity index (χ4n) is 1.63. The third-order valence-corrected chi connectivity index (χ3v) is 2.86. The van der Waals surface area contributed by atoms with Crippen LogP contribution in [0.2, 0.25) is 0 Å². The fraction of sp³-hybridized carbons (Fsp3) is 0.500. The number of ether oxygens (including phenoxy) is 2. The third kappa shape index (κ3) is 4.04. The van der Waals surface area contributed by atoms with Crippen LogP contribution in [0.1, 0.15) is 30.5 Å². The molecule has 1 rings (SSSR count). The smallest absolute Gasteiger partial charge is 0.308 e. The van der Waals surface area contributed by atoms with Crippen molar-refractivity contribution >= 4 is 5.97 Å². The molecule has 0 aromatic heterocycles. The number of benzene rings is 1. The SMILES string of the molecule is CNC(C)c1ccc(C)cc1OCCC(=O)OC. The lowest BCUT2D eigenvalue weighted by Gasteiger charge is -2.17. The summed E-state index contributed by atoms with van der Waals surface area (Å²) in [6, 6.07) is 6.29. The van der Waals surface area contributed by atoms with Crippen molar-refractivity contribution in [3.05, 3.63) is 29.3 Å². The summed E-state index contributed by atoms with van der Waals surface area (Å²) in [5.41, 5.74) is 2.23. The van der Waals surface area contributed by atoms with E-state index in [1.807, 2.05) is 26.1 Å². The third-order valence-electron chi connectivity index (χ3n) is 2.86. The highest BCUT2D eigenvalue weighted by molar-refractivity contribution is 5.69. The van der Waals surface area contributed by atoms with Gasteiger partial charge >= 0.3 is 5.97 Å². The molecule has 0 bridgehead atoms. The highest BCUT2D eigenvalue weighted by Gasteiger charge is 2.11. The van der Waals surface area contributed by atoms with Gasteiger partial charge in [0.05, 0.1) is 20.1 Å². The van der Waals surface area contributed by atoms with Gasteiger partial charge in [-0.05, 0) is 32.5 Å². The molecule has 4 heteroatoms. The van der Waals surface area contributed by atoms with E-state index in [4.69, 9.17) is 4.74 Å². The van der Waals surface area contributed by atoms with Gasteiger partial charge < -0.3 is 14.8 Å². The molecule has 0 aliphatic heterocycles. The molecule has 1 unspecified atom stereocenters. The van der Waals surface area contributed by atoms with Gasteiger partial charge in [-0.1, -0.05) is 12.1 Å². The number of methoxy groups -OCH3 is 1. The predicted molar refractivity (Wildman–Crippen MR) is 70.8 cm³/mol. The van der Waals surface area contributed by atoms with Crippen LogP contribution in [-0.4, -0.2) is 26.7 Å². The van der Waals surface area contributed by atoms with Crippen LogP contribution in [0.25, 0.3) is 0 Å². The van der Waals surface area contributed by atoms with Crippen LogP contribution >= 0.6 is 0 Å². The molecule has 1 N–H and O–H groups in total. The minimum atomic E-state index is -0.258. The summed E-state index contributed by atoms with van der Waals surface area (Å²) in [4.78, 5) is 11.0. The number of hydrogen-bond acceptors (Lipinski definition) is 4. The topological polar surface area (TPSA) is 47.6 Å². The second-order valence-corrected chi connectivity index (χ2v) is 4.23. The number of hydrogen-bond donors (Lipinski definition) is 1. The van der Waals surface area contributed by atoms with Crippen LogP contribution < -0.4 is 10.1 Å². The highest BCUT2D eigenvalue weighted by atomic mass is 16.5. The Morgan fingerprint density at radius 2 is 2.17 bits per heavy atom. The van der Waals surface area contributed by atoms with Gasteiger partial charge in [0.25, 0.3) is 0 Å². The molecule has 4 nitrogen and oxygen atoms in total. The average molecular weight is 251 g/mol. The standard InChI is InChI=1S/C14H21NO3/c1-10-5-6-12(11(2)15-3)13(9-10)18-8-7-14(16)17-4/h5-6,9,11,15H,7-8H2,1-4H3. The molecule has 0 saturated heterocycles. The van der Waals surface area contributed by atoms with Crippen molar-refractivity contribution in [2.75, 3.05) is 20.8 Å². The Balaban J connectivity index is 2.73. The molecule has 0 amide bonds. The fourth-order valence-corrected chi connectivity index (χ4v) is 1.63. The zero-order valence-electron chi connectivity index (χ0n) is 11.4. The van der Waals surface area contributed by atoms with Gasteiger partial charge in [-0.3, -0.25) is 4.79 Å². The summed E-state index contributed by atoms with van der Waals surface area (Å²) in [6.07, 6.45) is 0.262. The van der Waals surface area contributed by atoms with Crippen molar-refractivity contribution in [1.29, 1.82) is 0 Å². The van der Waals surface area contributed by atoms with Crippen LogP contribution in [0.15, 0.2) is 18.2 Å². The van der Waals surface area contributed by atoms with E-state index in [1.165, 1.54) is 7.11 Å². The molecule has 0 spiro atoms. The molecule has 100 valence electrons. The van der Waals surface area contributed by atoms with Crippen molar-refractivity contribution in [3.8, 4) is 5.75 Å². The van der Waals surface area contributed by atoms with E-state index in [9.17, 15) is 4.79 Å². The first-order chi connectivity index (χ1) is 8.58. The minimum Gasteiger partial charge on any atom is -0.493 e. The Bertz CT molecular complexity index is 404. The van der Waals surface area contributed by atoms with Gasteiger partial charge in [0, 0.05) is 11.6 Å². The minimum absolute atomic E-state index is 0.207. The maximum Gasteiger partial charge on any atom is 0.308 e. The lowest BCUT2D eigenvalue weighted by atomic mass is 10.1. The van der Waals surface area contributed by atoms with Crippen LogP contribution in [-0.2, 0) is 9.53 Å². The van der Waals surface area contributed by atoms with Crippen molar-refractivity contribution < 1.29 is 14.3 Å². The van der Waals surface area contributed by atoms with Crippen LogP contribution in [0, 0.1) is 6.92 Å². The molecular weight excluding hydrogens is 230 g/mol. The summed E-state index contributed by atoms with van der Waals surface area (Å²) in [5, 5.41) is 3.18. The van der Waals surface area contributed by atoms with Gasteiger partial charge in [0.15, 0.2) is 0 Å². The molecule has 0 radical (unpaired) electrons. The normalized spacial score (nSPS) is 12.0. The van der Waals surface area contributed by atoms with Gasteiger partial charge in [0.2, 0.25) is 0 Å². The van der Waals surface area contributed by atoms with Gasteiger partial charge in [-0.2, -0.15) is 0 Å². The summed E-state index contributed by atoms with van der Waals surface area (Å²) in [6.45, 7) is 4.42. The van der Waals surface area contributed by atoms with Gasteiger partial charge in [0.1, 0.15) is 5.75 Å². The quantitative estimate of drug-likeness (QED) is 0.787. The first-order valence-corrected chi connectivity index (χ1v) is 6.06. The van der Waals surface area contributed by atoms with E-state index in [1.54, 1.807) is 0 Å². The molecule has 1 aromatic carbocycles. The molecule has 0 fully saturated rings. The summed E-state index contributed by atoms with van der Waals surface area (Å²) >= 11 is 0. The molecule has 0 aliphatic carbocycles. The molecule has 0 aliphatic rings. The van der Waals surface area contributed by atoms with Crippen LogP contribution in [0.3, 0.4) is 0 Å². The predicted octanol–water partition coefficient (Wildman–Crippen LogP) is 2.22. The zero-order valence-corrected chi connectivity index (χ0v) is 11.4. The van der Waals surface area contributed by atoms with E-state index >= 15 is 0 Å². The van der Waals surface area contributed by atoms with Crippen molar-refractivity contribution in [2.24, 2.45) is 0 Å². The highest BCUT2D eigenvalue weighted by Crippen LogP contribution is 2.26. The summed E-state index contributed by atoms with van der Waals surface area (Å²) in [5.74, 6) is 0.562. The van der Waals surface area contributed by atoms with E-state index in [-0.39, 0.29) is 18.4 Å². The molecule has 0 saturated carbocycles. The lowest BCUT2D eigenvalue weighted by Crippen LogP contribution is -2.15. The number of carbonyl (C=O) groups is 1. The van der Waals surface area contributed by atoms with Crippen LogP contribution in [0.4, 0.5) is 0 Å². The number of carbonyl (C=O) groups excluding carboxylic acids is 1. The molecule has 18 heavy (non-hydrogen) atoms. The second kappa shape index (κ2) is 7.01. The monoisotopic (exact) mass is 251 g/mol. The first kappa shape index (κ1) is 14.5. The molecular formula is C14H21NO3. The van der Waals surface area contributed by atoms with E-state index < -0.39 is 0 Å². The van der Waals surface area contributed by atoms with E-state index in [0.717, 1.165) is 16.9 Å². The van der Waals surface area contributed by atoms with E-state index in [2.05, 4.69) is 23.0 Å². The maximum absolute atomic E-state index is 11.0. The van der Waals surface area contributed by atoms with Gasteiger partial charge in [-0.15, -0.1) is 0 Å². The van der Waals surface area contributed by atoms with Crippen molar-refractivity contribution in [3.63, 3.8) is 0 Å². The zero-order chi connectivity index (χ0) is 13.5. The molecule has 1 aromatic rings. The summed E-state index contributed by atoms with van der Waals surface area (Å²) in [7, 11) is 3.28. The maximum atomic E-state index is 11.0. The first-order valence-electron chi connectivity index (χ1n) is 6.06. The Hall–Kier alpha value is -1.55. The Labute approximate surface area is 108 Å². The Morgan fingerprint density at radius 1 is 1.44 bits per heavy atom. The number of esters is 1. The molecule has 0 heterocycles. The van der Waals surface area contributed by atoms with Gasteiger partial charge in [-0.25, -0.2) is 0 Å². The summed E-state index contributed by atoms with van der Waals surface area (Å²) < 4.78 is 10.3. The molecule has 1 atom stereocenters. The Morgan fingerprint density at radius 3 is 2.78 bits per heavy atom. The van der Waals surface area contributed by atoms with Crippen LogP contribution in [0.5, 0.6) is 5.75 Å². The number of aryl methyl sites for hydroxylation is 1. The van der Waals surface area contributed by atoms with Crippen molar-refractivity contribution in [2.45, 2.75) is 26.3 Å². The van der Waals surface area contributed by atoms with Crippen molar-refractivity contribution in [1.82, 2.24) is 5.32 Å². The number of rotatable bonds is 6. The Kier molecular flexibility index (Phi) is 5.65. The lowest BCUT2D eigenvalue weighted by molar-refractivity contribution is -0.141. The second-order valence-electron chi connectivity index (χ2n) is 4.23. The largest absolute Gasteiger partial charge is 0.493 e. The van der Waals surface area contributed by atoms with E-state index in [0.29, 0.717) is 6.61 Å². The number of nitrogens with one attached hydrogen (secondary N) is 1.